The summed E-state index contributed by atoms with van der Waals surface area (Å²) in [5, 5.41) is 24.5. The maximum atomic E-state index is 13.1. The van der Waals surface area contributed by atoms with E-state index >= 15 is 0 Å². The van der Waals surface area contributed by atoms with E-state index in [0.29, 0.717) is 37.9 Å². The molecular formula is C41H57N3O10. The highest BCUT2D eigenvalue weighted by Crippen LogP contribution is 2.57. The fourth-order valence-corrected chi connectivity index (χ4v) is 8.06. The van der Waals surface area contributed by atoms with Crippen molar-refractivity contribution >= 4 is 23.8 Å². The summed E-state index contributed by atoms with van der Waals surface area (Å²) in [6, 6.07) is 13.3. The van der Waals surface area contributed by atoms with E-state index in [9.17, 15) is 29.4 Å². The average Bonchev–Trinajstić information content (AvgIpc) is 3.68. The Morgan fingerprint density at radius 3 is 2.33 bits per heavy atom. The van der Waals surface area contributed by atoms with Crippen molar-refractivity contribution in [3.8, 4) is 0 Å². The highest BCUT2D eigenvalue weighted by molar-refractivity contribution is 5.88. The molecule has 13 nitrogen and oxygen atoms in total. The highest BCUT2D eigenvalue weighted by Gasteiger charge is 2.72. The number of aliphatic hydroxyl groups excluding tert-OH is 1. The molecule has 5 rings (SSSR count). The molecule has 0 saturated carbocycles. The molecule has 7 atom stereocenters. The van der Waals surface area contributed by atoms with Crippen LogP contribution >= 0.6 is 0 Å². The molecule has 3 heterocycles. The zero-order valence-corrected chi connectivity index (χ0v) is 32.8. The van der Waals surface area contributed by atoms with Crippen LogP contribution in [0.3, 0.4) is 0 Å². The van der Waals surface area contributed by atoms with Gasteiger partial charge in [-0.2, -0.15) is 0 Å². The lowest BCUT2D eigenvalue weighted by molar-refractivity contribution is -0.339. The quantitative estimate of drug-likeness (QED) is 0.243. The fourth-order valence-electron chi connectivity index (χ4n) is 8.06. The molecule has 0 aromatic heterocycles. The minimum absolute atomic E-state index is 0.0174. The number of esters is 2. The molecule has 13 heteroatoms. The standard InChI is InChI=1S/C41H57N3O10/c1-25-12-17-32(41-37(53-28(4)46)36(52-27(3)45)26(2)40(54-41,24-51-41)39(5,6)50)21-31(25)20-30-15-13-29(14-16-30)10-9-11-35(48)44-23-33(47)22-34(44)38(49)42-18-19-43(7)8/h12-17,21,26,33-34,36-37,47,50H,9-11,18-20,22-24H2,1-8H3,(H,42,49)/t26-,33-,34-,36-,37+,40-,41-/m0/s1. The summed E-state index contributed by atoms with van der Waals surface area (Å²) in [5.74, 6) is -3.74. The molecule has 2 aromatic rings. The van der Waals surface area contributed by atoms with Crippen LogP contribution in [0.1, 0.15) is 81.7 Å². The first-order chi connectivity index (χ1) is 25.4. The van der Waals surface area contributed by atoms with E-state index in [1.807, 2.05) is 56.3 Å². The molecule has 3 N–H and O–H groups in total. The first-order valence-corrected chi connectivity index (χ1v) is 18.9. The van der Waals surface area contributed by atoms with Crippen LogP contribution in [0.2, 0.25) is 0 Å². The Morgan fingerprint density at radius 1 is 1.04 bits per heavy atom. The second-order valence-electron chi connectivity index (χ2n) is 15.9. The van der Waals surface area contributed by atoms with Gasteiger partial charge in [-0.15, -0.1) is 0 Å². The second kappa shape index (κ2) is 16.5. The van der Waals surface area contributed by atoms with Gasteiger partial charge in [0.05, 0.1) is 18.3 Å². The summed E-state index contributed by atoms with van der Waals surface area (Å²) in [7, 11) is 3.84. The number of likely N-dealkylation sites (N-methyl/N-ethyl adjacent to an activating group) is 1. The Bertz CT molecular complexity index is 1690. The SMILES string of the molecule is CC(=O)O[C@@H]1[C@@H](OC(C)=O)[C@@]2(c3ccc(C)c(Cc4ccc(CCCC(=O)N5C[C@@H](O)C[C@H]5C(=O)NCCN(C)C)cc4)c3)OC[C@](C(C)(C)O)(O2)[C@H]1C. The summed E-state index contributed by atoms with van der Waals surface area (Å²) in [4.78, 5) is 54.2. The predicted octanol–water partition coefficient (Wildman–Crippen LogP) is 2.77. The van der Waals surface area contributed by atoms with Crippen LogP contribution in [0.5, 0.6) is 0 Å². The first-order valence-electron chi connectivity index (χ1n) is 18.9. The molecule has 3 aliphatic rings. The lowest BCUT2D eigenvalue weighted by Gasteiger charge is -2.53. The number of aryl methyl sites for hydroxylation is 2. The van der Waals surface area contributed by atoms with Crippen molar-refractivity contribution in [3.63, 3.8) is 0 Å². The Balaban J connectivity index is 1.28. The minimum Gasteiger partial charge on any atom is -0.458 e. The summed E-state index contributed by atoms with van der Waals surface area (Å²) in [6.45, 7) is 10.9. The summed E-state index contributed by atoms with van der Waals surface area (Å²) in [6.07, 6.45) is -0.442. The molecular weight excluding hydrogens is 694 g/mol. The van der Waals surface area contributed by atoms with Gasteiger partial charge >= 0.3 is 11.9 Å². The maximum Gasteiger partial charge on any atom is 0.303 e. The Labute approximate surface area is 318 Å². The number of amides is 2. The smallest absolute Gasteiger partial charge is 0.303 e. The molecule has 3 saturated heterocycles. The zero-order valence-electron chi connectivity index (χ0n) is 32.8. The van der Waals surface area contributed by atoms with Crippen molar-refractivity contribution in [1.82, 2.24) is 15.1 Å². The van der Waals surface area contributed by atoms with Crippen molar-refractivity contribution in [2.45, 2.75) is 115 Å². The second-order valence-corrected chi connectivity index (χ2v) is 15.9. The van der Waals surface area contributed by atoms with Crippen molar-refractivity contribution in [2.75, 3.05) is 40.3 Å². The summed E-state index contributed by atoms with van der Waals surface area (Å²) < 4.78 is 24.8. The van der Waals surface area contributed by atoms with E-state index < -0.39 is 59.2 Å². The number of carbonyl (C=O) groups is 4. The lowest BCUT2D eigenvalue weighted by Crippen LogP contribution is -2.68. The Morgan fingerprint density at radius 2 is 1.70 bits per heavy atom. The van der Waals surface area contributed by atoms with Crippen LogP contribution in [0.15, 0.2) is 42.5 Å². The van der Waals surface area contributed by atoms with Gasteiger partial charge in [-0.25, -0.2) is 0 Å². The number of nitrogens with one attached hydrogen (secondary N) is 1. The average molecular weight is 752 g/mol. The Kier molecular flexibility index (Phi) is 12.6. The maximum absolute atomic E-state index is 13.1. The third kappa shape index (κ3) is 8.65. The minimum atomic E-state index is -1.65. The van der Waals surface area contributed by atoms with Gasteiger partial charge in [0.25, 0.3) is 0 Å². The molecule has 3 fully saturated rings. The van der Waals surface area contributed by atoms with Crippen LogP contribution < -0.4 is 5.32 Å². The highest BCUT2D eigenvalue weighted by atomic mass is 16.8. The number of carbonyl (C=O) groups excluding carboxylic acids is 4. The number of β-amino-alcohol motifs (C(OH)–C–C–N with tert-alkyl or cyclic N) is 1. The predicted molar refractivity (Wildman–Crippen MR) is 199 cm³/mol. The van der Waals surface area contributed by atoms with Crippen LogP contribution in [0.4, 0.5) is 0 Å². The molecule has 0 radical (unpaired) electrons. The number of hydrogen-bond donors (Lipinski definition) is 3. The molecule has 0 aliphatic carbocycles. The molecule has 296 valence electrons. The molecule has 2 aromatic carbocycles. The van der Waals surface area contributed by atoms with Crippen molar-refractivity contribution < 1.29 is 48.3 Å². The Hall–Kier alpha value is -3.88. The topological polar surface area (TPSA) is 164 Å². The van der Waals surface area contributed by atoms with Gasteiger partial charge in [0.1, 0.15) is 17.7 Å². The molecule has 3 aliphatic heterocycles. The fraction of sp³-hybridized carbons (Fsp3) is 0.610. The number of hydrogen-bond acceptors (Lipinski definition) is 11. The molecule has 2 amide bonds. The first kappa shape index (κ1) is 41.3. The lowest BCUT2D eigenvalue weighted by atomic mass is 9.70. The van der Waals surface area contributed by atoms with E-state index in [2.05, 4.69) is 17.4 Å². The molecule has 0 spiro atoms. The molecule has 2 bridgehead atoms. The summed E-state index contributed by atoms with van der Waals surface area (Å²) >= 11 is 0. The number of benzene rings is 2. The van der Waals surface area contributed by atoms with Gasteiger partial charge < -0.3 is 44.3 Å². The van der Waals surface area contributed by atoms with Gasteiger partial charge in [0.2, 0.25) is 17.6 Å². The number of nitrogens with zero attached hydrogens (tertiary/aromatic N) is 2. The number of aliphatic hydroxyl groups is 2. The van der Waals surface area contributed by atoms with E-state index in [-0.39, 0.29) is 37.8 Å². The van der Waals surface area contributed by atoms with E-state index in [4.69, 9.17) is 18.9 Å². The van der Waals surface area contributed by atoms with Crippen LogP contribution in [0, 0.1) is 12.8 Å². The van der Waals surface area contributed by atoms with Gasteiger partial charge in [-0.05, 0) is 82.4 Å². The number of rotatable bonds is 14. The number of ether oxygens (including phenoxy) is 4. The van der Waals surface area contributed by atoms with E-state index in [1.54, 1.807) is 20.8 Å². The van der Waals surface area contributed by atoms with Gasteiger partial charge in [0.15, 0.2) is 6.10 Å². The molecule has 54 heavy (non-hydrogen) atoms. The van der Waals surface area contributed by atoms with Crippen molar-refractivity contribution in [2.24, 2.45) is 5.92 Å². The molecule has 0 unspecified atom stereocenters. The van der Waals surface area contributed by atoms with Gasteiger partial charge in [-0.1, -0.05) is 43.3 Å². The van der Waals surface area contributed by atoms with Crippen LogP contribution in [0.25, 0.3) is 0 Å². The monoisotopic (exact) mass is 751 g/mol. The van der Waals surface area contributed by atoms with Gasteiger partial charge in [0, 0.05) is 57.8 Å². The third-order valence-electron chi connectivity index (χ3n) is 11.2. The van der Waals surface area contributed by atoms with Crippen molar-refractivity contribution in [1.29, 1.82) is 0 Å². The normalized spacial score (nSPS) is 27.9. The zero-order chi connectivity index (χ0) is 39.6. The largest absolute Gasteiger partial charge is 0.458 e. The van der Waals surface area contributed by atoms with Crippen molar-refractivity contribution in [3.05, 3.63) is 70.3 Å². The van der Waals surface area contributed by atoms with Crippen LogP contribution in [-0.2, 0) is 56.8 Å². The number of likely N-dealkylation sites (tertiary alicyclic amines) is 1. The van der Waals surface area contributed by atoms with E-state index in [0.717, 1.165) is 22.3 Å². The third-order valence-corrected chi connectivity index (χ3v) is 11.2. The van der Waals surface area contributed by atoms with E-state index in [1.165, 1.54) is 18.7 Å². The van der Waals surface area contributed by atoms with Gasteiger partial charge in [-0.3, -0.25) is 19.2 Å². The number of fused-ring (bicyclic) bond motifs is 2. The van der Waals surface area contributed by atoms with Crippen LogP contribution in [-0.4, -0.2) is 120 Å². The summed E-state index contributed by atoms with van der Waals surface area (Å²) in [5.41, 5.74) is 2.02.